The van der Waals surface area contributed by atoms with Gasteiger partial charge in [-0.1, -0.05) is 35.5 Å². The summed E-state index contributed by atoms with van der Waals surface area (Å²) in [6.45, 7) is 0.634. The number of rotatable bonds is 9. The minimum absolute atomic E-state index is 0.131. The van der Waals surface area contributed by atoms with E-state index in [0.29, 0.717) is 63.4 Å². The highest BCUT2D eigenvalue weighted by molar-refractivity contribution is 7.98. The lowest BCUT2D eigenvalue weighted by Crippen LogP contribution is -2.26. The maximum Gasteiger partial charge on any atom is 0.262 e. The fourth-order valence-electron chi connectivity index (χ4n) is 3.88. The number of para-hydroxylation sites is 1. The van der Waals surface area contributed by atoms with E-state index in [2.05, 4.69) is 10.3 Å². The van der Waals surface area contributed by atoms with E-state index >= 15 is 0 Å². The molecule has 1 N–H and O–H groups in total. The number of pyridine rings is 1. The Morgan fingerprint density at radius 2 is 1.95 bits per heavy atom. The summed E-state index contributed by atoms with van der Waals surface area (Å²) in [5.74, 6) is 0.878. The number of nitrogens with one attached hydrogen (secondary N) is 1. The molecule has 0 atom stereocenters. The summed E-state index contributed by atoms with van der Waals surface area (Å²) >= 11 is 7.31. The van der Waals surface area contributed by atoms with Gasteiger partial charge >= 0.3 is 0 Å². The molecule has 1 aromatic carbocycles. The minimum atomic E-state index is -0.243. The Balaban J connectivity index is 1.34. The first-order valence-electron chi connectivity index (χ1n) is 11.6. The van der Waals surface area contributed by atoms with Gasteiger partial charge in [0.05, 0.1) is 34.4 Å². The molecule has 0 radical (unpaired) electrons. The molecule has 188 valence electrons. The van der Waals surface area contributed by atoms with Crippen molar-refractivity contribution >= 4 is 45.8 Å². The maximum atomic E-state index is 13.3. The number of carbonyl (C=O) groups is 1. The molecule has 5 rings (SSSR count). The monoisotopic (exact) mass is 535 g/mol. The van der Waals surface area contributed by atoms with Crippen molar-refractivity contribution in [2.75, 3.05) is 0 Å². The van der Waals surface area contributed by atoms with Crippen molar-refractivity contribution in [3.63, 3.8) is 0 Å². The predicted molar refractivity (Wildman–Crippen MR) is 142 cm³/mol. The van der Waals surface area contributed by atoms with Crippen molar-refractivity contribution in [3.8, 4) is 0 Å². The SMILES string of the molecule is O=C(CCCn1c(SCc2cc(=O)n3cc(Cl)ccc3n2)nc2ccccc2c1=O)NCc1ccco1. The van der Waals surface area contributed by atoms with Crippen molar-refractivity contribution in [1.82, 2.24) is 24.3 Å². The van der Waals surface area contributed by atoms with E-state index in [4.69, 9.17) is 21.0 Å². The number of hydrogen-bond acceptors (Lipinski definition) is 7. The van der Waals surface area contributed by atoms with Crippen LogP contribution in [0.3, 0.4) is 0 Å². The number of amides is 1. The van der Waals surface area contributed by atoms with E-state index in [9.17, 15) is 14.4 Å². The zero-order valence-corrected chi connectivity index (χ0v) is 21.2. The lowest BCUT2D eigenvalue weighted by Gasteiger charge is -2.13. The molecule has 0 bridgehead atoms. The maximum absolute atomic E-state index is 13.3. The van der Waals surface area contributed by atoms with E-state index < -0.39 is 0 Å². The van der Waals surface area contributed by atoms with Gasteiger partial charge in [0.15, 0.2) is 5.16 Å². The first kappa shape index (κ1) is 24.8. The van der Waals surface area contributed by atoms with Crippen molar-refractivity contribution in [2.24, 2.45) is 0 Å². The largest absolute Gasteiger partial charge is 0.467 e. The van der Waals surface area contributed by atoms with Crippen molar-refractivity contribution < 1.29 is 9.21 Å². The Morgan fingerprint density at radius 1 is 1.08 bits per heavy atom. The van der Waals surface area contributed by atoms with Crippen LogP contribution in [0.15, 0.2) is 86.2 Å². The molecule has 0 saturated carbocycles. The van der Waals surface area contributed by atoms with E-state index in [1.165, 1.54) is 28.4 Å². The van der Waals surface area contributed by atoms with Gasteiger partial charge in [0.25, 0.3) is 11.1 Å². The highest BCUT2D eigenvalue weighted by Crippen LogP contribution is 2.22. The van der Waals surface area contributed by atoms with Crippen molar-refractivity contribution in [2.45, 2.75) is 36.8 Å². The van der Waals surface area contributed by atoms with Gasteiger partial charge in [-0.05, 0) is 42.8 Å². The molecular formula is C26H22ClN5O4S. The van der Waals surface area contributed by atoms with Gasteiger partial charge in [-0.3, -0.25) is 23.4 Å². The zero-order valence-electron chi connectivity index (χ0n) is 19.6. The molecule has 0 spiro atoms. The van der Waals surface area contributed by atoms with Crippen LogP contribution in [0.4, 0.5) is 0 Å². The fraction of sp³-hybridized carbons (Fsp3) is 0.192. The Hall–Kier alpha value is -3.89. The van der Waals surface area contributed by atoms with E-state index in [-0.39, 0.29) is 23.4 Å². The second kappa shape index (κ2) is 11.0. The summed E-state index contributed by atoms with van der Waals surface area (Å²) in [7, 11) is 0. The van der Waals surface area contributed by atoms with Crippen molar-refractivity contribution in [3.05, 3.63) is 104 Å². The van der Waals surface area contributed by atoms with Crippen LogP contribution in [0, 0.1) is 0 Å². The van der Waals surface area contributed by atoms with Gasteiger partial charge in [-0.25, -0.2) is 9.97 Å². The Bertz CT molecular complexity index is 1700. The Morgan fingerprint density at radius 3 is 2.78 bits per heavy atom. The van der Waals surface area contributed by atoms with E-state index in [0.717, 1.165) is 0 Å². The van der Waals surface area contributed by atoms with Crippen LogP contribution in [0.25, 0.3) is 16.6 Å². The van der Waals surface area contributed by atoms with E-state index in [1.54, 1.807) is 53.3 Å². The highest BCUT2D eigenvalue weighted by Gasteiger charge is 2.14. The zero-order chi connectivity index (χ0) is 25.8. The molecule has 11 heteroatoms. The number of aromatic nitrogens is 4. The molecule has 0 aliphatic rings. The van der Waals surface area contributed by atoms with Crippen molar-refractivity contribution in [1.29, 1.82) is 0 Å². The van der Waals surface area contributed by atoms with Gasteiger partial charge in [-0.2, -0.15) is 0 Å². The highest BCUT2D eigenvalue weighted by atomic mass is 35.5. The second-order valence-electron chi connectivity index (χ2n) is 8.28. The average molecular weight is 536 g/mol. The van der Waals surface area contributed by atoms with Gasteiger partial charge in [0.1, 0.15) is 11.4 Å². The number of nitrogens with zero attached hydrogens (tertiary/aromatic N) is 4. The topological polar surface area (TPSA) is 112 Å². The van der Waals surface area contributed by atoms with Gasteiger partial charge in [0, 0.05) is 31.0 Å². The van der Waals surface area contributed by atoms with Crippen LogP contribution in [-0.2, 0) is 23.6 Å². The summed E-state index contributed by atoms with van der Waals surface area (Å²) in [5, 5.41) is 4.26. The molecular weight excluding hydrogens is 514 g/mol. The molecule has 0 unspecified atom stereocenters. The van der Waals surface area contributed by atoms with Gasteiger partial charge in [0.2, 0.25) is 5.91 Å². The first-order valence-corrected chi connectivity index (χ1v) is 12.9. The standard InChI is InChI=1S/C26H22ClN5O4S/c27-17-9-10-22-29-18(13-24(34)32(22)15-17)16-37-26-30-21-7-2-1-6-20(21)25(35)31(26)11-3-8-23(33)28-14-19-5-4-12-36-19/h1-2,4-7,9-10,12-13,15H,3,8,11,14,16H2,(H,28,33). The normalized spacial score (nSPS) is 11.3. The first-order chi connectivity index (χ1) is 18.0. The molecule has 0 aliphatic carbocycles. The number of thioether (sulfide) groups is 1. The molecule has 0 aliphatic heterocycles. The summed E-state index contributed by atoms with van der Waals surface area (Å²) in [5.41, 5.74) is 1.21. The van der Waals surface area contributed by atoms with Crippen LogP contribution in [0.5, 0.6) is 0 Å². The molecule has 4 heterocycles. The predicted octanol–water partition coefficient (Wildman–Crippen LogP) is 4.04. The van der Waals surface area contributed by atoms with E-state index in [1.807, 2.05) is 6.07 Å². The third-order valence-electron chi connectivity index (χ3n) is 5.68. The third kappa shape index (κ3) is 5.76. The van der Waals surface area contributed by atoms with Crippen LogP contribution >= 0.6 is 23.4 Å². The third-order valence-corrected chi connectivity index (χ3v) is 6.91. The summed E-state index contributed by atoms with van der Waals surface area (Å²) in [4.78, 5) is 47.3. The van der Waals surface area contributed by atoms with Crippen LogP contribution in [0.1, 0.15) is 24.3 Å². The molecule has 5 aromatic rings. The number of carbonyl (C=O) groups excluding carboxylic acids is 1. The second-order valence-corrected chi connectivity index (χ2v) is 9.66. The quantitative estimate of drug-likeness (QED) is 0.224. The number of hydrogen-bond donors (Lipinski definition) is 1. The number of benzene rings is 1. The molecule has 9 nitrogen and oxygen atoms in total. The minimum Gasteiger partial charge on any atom is -0.467 e. The number of fused-ring (bicyclic) bond motifs is 2. The van der Waals surface area contributed by atoms with Gasteiger partial charge < -0.3 is 9.73 Å². The van der Waals surface area contributed by atoms with Crippen LogP contribution in [0.2, 0.25) is 5.02 Å². The summed E-state index contributed by atoms with van der Waals surface area (Å²) in [6, 6.07) is 15.5. The molecule has 37 heavy (non-hydrogen) atoms. The smallest absolute Gasteiger partial charge is 0.262 e. The number of furan rings is 1. The van der Waals surface area contributed by atoms with Crippen LogP contribution < -0.4 is 16.4 Å². The molecule has 1 amide bonds. The summed E-state index contributed by atoms with van der Waals surface area (Å²) < 4.78 is 8.20. The molecule has 0 saturated heterocycles. The molecule has 0 fully saturated rings. The summed E-state index contributed by atoms with van der Waals surface area (Å²) in [6.07, 6.45) is 3.78. The lowest BCUT2D eigenvalue weighted by atomic mass is 10.2. The molecule has 4 aromatic heterocycles. The Kier molecular flexibility index (Phi) is 7.38. The van der Waals surface area contributed by atoms with Gasteiger partial charge in [-0.15, -0.1) is 0 Å². The lowest BCUT2D eigenvalue weighted by molar-refractivity contribution is -0.121. The fourth-order valence-corrected chi connectivity index (χ4v) is 4.96. The van der Waals surface area contributed by atoms with Crippen LogP contribution in [-0.4, -0.2) is 24.8 Å². The average Bonchev–Trinajstić information content (AvgIpc) is 3.42. The number of halogens is 1. The Labute approximate surface area is 220 Å².